The summed E-state index contributed by atoms with van der Waals surface area (Å²) < 4.78 is 5.04. The van der Waals surface area contributed by atoms with E-state index in [0.29, 0.717) is 19.6 Å². The summed E-state index contributed by atoms with van der Waals surface area (Å²) in [5.41, 5.74) is 0. The highest BCUT2D eigenvalue weighted by molar-refractivity contribution is 5.73. The van der Waals surface area contributed by atoms with Crippen molar-refractivity contribution in [3.8, 4) is 0 Å². The Balaban J connectivity index is 4.59. The lowest BCUT2D eigenvalue weighted by molar-refractivity contribution is -0.145. The first kappa shape index (κ1) is 15.4. The molecule has 16 heavy (non-hydrogen) atoms. The van der Waals surface area contributed by atoms with E-state index in [1.54, 1.807) is 7.11 Å². The third kappa shape index (κ3) is 4.94. The van der Waals surface area contributed by atoms with Crippen LogP contribution in [0.3, 0.4) is 0 Å². The van der Waals surface area contributed by atoms with Crippen LogP contribution in [0.4, 0.5) is 0 Å². The normalized spacial score (nSPS) is 15.1. The molecule has 0 saturated carbocycles. The molecular weight excluding hydrogens is 206 g/mol. The van der Waals surface area contributed by atoms with Gasteiger partial charge in [0.25, 0.3) is 0 Å². The van der Waals surface area contributed by atoms with Crippen molar-refractivity contribution in [2.45, 2.75) is 52.1 Å². The smallest absolute Gasteiger partial charge is 0.320 e. The average Bonchev–Trinajstić information content (AvgIpc) is 2.27. The third-order valence-corrected chi connectivity index (χ3v) is 2.96. The molecule has 4 nitrogen and oxygen atoms in total. The largest absolute Gasteiger partial charge is 0.480 e. The molecule has 0 fully saturated rings. The summed E-state index contributed by atoms with van der Waals surface area (Å²) in [5, 5.41) is 9.24. The predicted octanol–water partition coefficient (Wildman–Crippen LogP) is 1.99. The van der Waals surface area contributed by atoms with Crippen molar-refractivity contribution in [1.29, 1.82) is 0 Å². The fourth-order valence-corrected chi connectivity index (χ4v) is 1.82. The van der Waals surface area contributed by atoms with Crippen LogP contribution >= 0.6 is 0 Å². The van der Waals surface area contributed by atoms with E-state index >= 15 is 0 Å². The number of carboxylic acid groups (broad SMARTS) is 1. The Labute approximate surface area is 98.6 Å². The molecule has 0 bridgehead atoms. The van der Waals surface area contributed by atoms with E-state index in [4.69, 9.17) is 4.74 Å². The second kappa shape index (κ2) is 8.53. The van der Waals surface area contributed by atoms with Crippen molar-refractivity contribution in [1.82, 2.24) is 4.90 Å². The van der Waals surface area contributed by atoms with Crippen LogP contribution in [-0.4, -0.2) is 48.3 Å². The molecule has 2 atom stereocenters. The Bertz CT molecular complexity index is 197. The Hall–Kier alpha value is -0.610. The van der Waals surface area contributed by atoms with Crippen LogP contribution in [-0.2, 0) is 9.53 Å². The van der Waals surface area contributed by atoms with Crippen molar-refractivity contribution in [2.75, 3.05) is 20.3 Å². The maximum Gasteiger partial charge on any atom is 0.320 e. The number of aliphatic carboxylic acids is 1. The van der Waals surface area contributed by atoms with Gasteiger partial charge in [0.15, 0.2) is 0 Å². The first-order chi connectivity index (χ1) is 7.58. The topological polar surface area (TPSA) is 49.8 Å². The minimum absolute atomic E-state index is 0.280. The van der Waals surface area contributed by atoms with Crippen LogP contribution in [0.1, 0.15) is 40.0 Å². The highest BCUT2D eigenvalue weighted by Crippen LogP contribution is 2.13. The lowest BCUT2D eigenvalue weighted by Gasteiger charge is -2.33. The molecule has 0 aromatic heterocycles. The zero-order chi connectivity index (χ0) is 12.6. The second-order valence-corrected chi connectivity index (χ2v) is 4.13. The first-order valence-electron chi connectivity index (χ1n) is 6.05. The summed E-state index contributed by atoms with van der Waals surface area (Å²) in [6, 6.07) is -0.0992. The Kier molecular flexibility index (Phi) is 8.21. The van der Waals surface area contributed by atoms with Crippen LogP contribution in [0.5, 0.6) is 0 Å². The summed E-state index contributed by atoms with van der Waals surface area (Å²) in [6.07, 6.45) is 2.54. The number of hydrogen-bond acceptors (Lipinski definition) is 3. The number of ether oxygens (including phenoxy) is 1. The molecule has 0 saturated heterocycles. The number of carbonyl (C=O) groups is 1. The van der Waals surface area contributed by atoms with Crippen molar-refractivity contribution >= 4 is 5.97 Å². The molecule has 0 aliphatic carbocycles. The van der Waals surface area contributed by atoms with Crippen LogP contribution in [0.2, 0.25) is 0 Å². The fourth-order valence-electron chi connectivity index (χ4n) is 1.82. The SMILES string of the molecule is CCCC(C(=O)O)N(CCOC)C(C)CC. The molecule has 0 aromatic carbocycles. The molecular formula is C12H25NO3. The van der Waals surface area contributed by atoms with E-state index in [2.05, 4.69) is 13.8 Å². The molecule has 0 heterocycles. The lowest BCUT2D eigenvalue weighted by atomic mass is 10.1. The number of rotatable bonds is 9. The van der Waals surface area contributed by atoms with Gasteiger partial charge in [-0.3, -0.25) is 9.69 Å². The van der Waals surface area contributed by atoms with Crippen LogP contribution in [0, 0.1) is 0 Å². The van der Waals surface area contributed by atoms with Gasteiger partial charge in [-0.2, -0.15) is 0 Å². The van der Waals surface area contributed by atoms with Gasteiger partial charge in [-0.1, -0.05) is 20.3 Å². The van der Waals surface area contributed by atoms with Crippen molar-refractivity contribution in [3.63, 3.8) is 0 Å². The van der Waals surface area contributed by atoms with Crippen molar-refractivity contribution in [3.05, 3.63) is 0 Å². The quantitative estimate of drug-likeness (QED) is 0.659. The average molecular weight is 231 g/mol. The van der Waals surface area contributed by atoms with Gasteiger partial charge in [-0.25, -0.2) is 0 Å². The van der Waals surface area contributed by atoms with Gasteiger partial charge >= 0.3 is 5.97 Å². The van der Waals surface area contributed by atoms with Crippen molar-refractivity contribution in [2.24, 2.45) is 0 Å². The molecule has 96 valence electrons. The predicted molar refractivity (Wildman–Crippen MR) is 64.7 cm³/mol. The summed E-state index contributed by atoms with van der Waals surface area (Å²) in [7, 11) is 1.64. The molecule has 0 radical (unpaired) electrons. The van der Waals surface area contributed by atoms with Crippen LogP contribution < -0.4 is 0 Å². The summed E-state index contributed by atoms with van der Waals surface area (Å²) in [6.45, 7) is 7.43. The van der Waals surface area contributed by atoms with E-state index in [-0.39, 0.29) is 12.1 Å². The van der Waals surface area contributed by atoms with E-state index in [9.17, 15) is 9.90 Å². The van der Waals surface area contributed by atoms with E-state index in [1.165, 1.54) is 0 Å². The number of carboxylic acids is 1. The number of methoxy groups -OCH3 is 1. The summed E-state index contributed by atoms with van der Waals surface area (Å²) in [4.78, 5) is 13.3. The summed E-state index contributed by atoms with van der Waals surface area (Å²) >= 11 is 0. The Morgan fingerprint density at radius 3 is 2.44 bits per heavy atom. The van der Waals surface area contributed by atoms with E-state index in [1.807, 2.05) is 11.8 Å². The van der Waals surface area contributed by atoms with E-state index < -0.39 is 5.97 Å². The zero-order valence-electron chi connectivity index (χ0n) is 10.9. The molecule has 0 spiro atoms. The molecule has 0 aromatic rings. The van der Waals surface area contributed by atoms with Crippen LogP contribution in [0.25, 0.3) is 0 Å². The maximum absolute atomic E-state index is 11.2. The molecule has 4 heteroatoms. The van der Waals surface area contributed by atoms with Gasteiger partial charge in [-0.05, 0) is 19.8 Å². The van der Waals surface area contributed by atoms with Gasteiger partial charge in [0.2, 0.25) is 0 Å². The highest BCUT2D eigenvalue weighted by Gasteiger charge is 2.27. The van der Waals surface area contributed by atoms with Gasteiger partial charge in [0, 0.05) is 19.7 Å². The number of nitrogens with zero attached hydrogens (tertiary/aromatic N) is 1. The van der Waals surface area contributed by atoms with Gasteiger partial charge < -0.3 is 9.84 Å². The first-order valence-corrected chi connectivity index (χ1v) is 6.05. The fraction of sp³-hybridized carbons (Fsp3) is 0.917. The standard InChI is InChI=1S/C12H25NO3/c1-5-7-11(12(14)15)13(8-9-16-4)10(3)6-2/h10-11H,5-9H2,1-4H3,(H,14,15). The zero-order valence-corrected chi connectivity index (χ0v) is 10.9. The third-order valence-electron chi connectivity index (χ3n) is 2.96. The molecule has 1 N–H and O–H groups in total. The maximum atomic E-state index is 11.2. The minimum atomic E-state index is -0.724. The second-order valence-electron chi connectivity index (χ2n) is 4.13. The summed E-state index contributed by atoms with van der Waals surface area (Å²) in [5.74, 6) is -0.724. The monoisotopic (exact) mass is 231 g/mol. The van der Waals surface area contributed by atoms with Gasteiger partial charge in [0.1, 0.15) is 6.04 Å². The molecule has 0 rings (SSSR count). The molecule has 0 aliphatic rings. The Morgan fingerprint density at radius 1 is 1.44 bits per heavy atom. The van der Waals surface area contributed by atoms with Gasteiger partial charge in [0.05, 0.1) is 6.61 Å². The Morgan fingerprint density at radius 2 is 2.06 bits per heavy atom. The number of hydrogen-bond donors (Lipinski definition) is 1. The molecule has 0 amide bonds. The van der Waals surface area contributed by atoms with Crippen molar-refractivity contribution < 1.29 is 14.6 Å². The van der Waals surface area contributed by atoms with E-state index in [0.717, 1.165) is 12.8 Å². The van der Waals surface area contributed by atoms with Gasteiger partial charge in [-0.15, -0.1) is 0 Å². The highest BCUT2D eigenvalue weighted by atomic mass is 16.5. The minimum Gasteiger partial charge on any atom is -0.480 e. The lowest BCUT2D eigenvalue weighted by Crippen LogP contribution is -2.47. The van der Waals surface area contributed by atoms with Crippen LogP contribution in [0.15, 0.2) is 0 Å². The molecule has 0 aliphatic heterocycles. The molecule has 2 unspecified atom stereocenters.